The molecule has 0 unspecified atom stereocenters. The molecule has 0 aliphatic carbocycles. The number of aromatic nitrogens is 1. The van der Waals surface area contributed by atoms with Gasteiger partial charge < -0.3 is 14.0 Å². The molecule has 5 rings (SSSR count). The van der Waals surface area contributed by atoms with Crippen molar-refractivity contribution >= 4 is 34.4 Å². The minimum atomic E-state index is -0.943. The number of carbonyl (C=O) groups excluding carboxylic acids is 3. The number of pyridine rings is 1. The fraction of sp³-hybridized carbons (Fsp3) is 0.0625. The molecule has 1 aromatic heterocycles. The Hall–Kier alpha value is -5.50. The van der Waals surface area contributed by atoms with Crippen LogP contribution in [0.25, 0.3) is 10.9 Å². The fourth-order valence-electron chi connectivity index (χ4n) is 4.37. The van der Waals surface area contributed by atoms with Crippen LogP contribution in [0.5, 0.6) is 11.5 Å². The Morgan fingerprint density at radius 3 is 1.90 bits per heavy atom. The summed E-state index contributed by atoms with van der Waals surface area (Å²) in [5.74, 6) is -2.21. The third-order valence-electron chi connectivity index (χ3n) is 6.41. The van der Waals surface area contributed by atoms with Gasteiger partial charge in [-0.05, 0) is 54.6 Å². The summed E-state index contributed by atoms with van der Waals surface area (Å²) >= 11 is 0. The number of ether oxygens (including phenoxy) is 2. The van der Waals surface area contributed by atoms with E-state index in [1.165, 1.54) is 18.7 Å². The van der Waals surface area contributed by atoms with E-state index in [0.717, 1.165) is 4.90 Å². The molecule has 4 aromatic carbocycles. The van der Waals surface area contributed by atoms with Gasteiger partial charge in [0.1, 0.15) is 11.3 Å². The lowest BCUT2D eigenvalue weighted by atomic mass is 10.1. The molecule has 0 aliphatic heterocycles. The molecule has 1 heterocycles. The van der Waals surface area contributed by atoms with E-state index in [9.17, 15) is 19.2 Å². The number of carbonyl (C=O) groups is 3. The zero-order valence-corrected chi connectivity index (χ0v) is 21.7. The van der Waals surface area contributed by atoms with Crippen LogP contribution in [0.15, 0.2) is 114 Å². The molecule has 8 nitrogen and oxygen atoms in total. The minimum Gasteiger partial charge on any atom is -0.497 e. The Bertz CT molecular complexity index is 1780. The van der Waals surface area contributed by atoms with E-state index in [4.69, 9.17) is 9.47 Å². The van der Waals surface area contributed by atoms with Crippen LogP contribution in [0.1, 0.15) is 31.1 Å². The highest BCUT2D eigenvalue weighted by Gasteiger charge is 2.33. The highest BCUT2D eigenvalue weighted by molar-refractivity contribution is 6.27. The molecule has 0 N–H and O–H groups in total. The number of benzene rings is 4. The Labute approximate surface area is 229 Å². The summed E-state index contributed by atoms with van der Waals surface area (Å²) in [5, 5.41) is 0.286. The first-order valence-corrected chi connectivity index (χ1v) is 12.4. The predicted octanol–water partition coefficient (Wildman–Crippen LogP) is 5.25. The zero-order valence-electron chi connectivity index (χ0n) is 21.7. The van der Waals surface area contributed by atoms with Gasteiger partial charge in [0, 0.05) is 18.0 Å². The SMILES string of the molecule is COc1ccc2c(c1)c(OC(=O)c1ccccc1)c(C(=O)N(C(=O)c1ccccc1)c1ccccc1)c(=O)n2C. The number of nitrogens with zero attached hydrogens (tertiary/aromatic N) is 2. The number of esters is 1. The van der Waals surface area contributed by atoms with Crippen molar-refractivity contribution in [2.45, 2.75) is 0 Å². The molecule has 198 valence electrons. The Morgan fingerprint density at radius 2 is 1.30 bits per heavy atom. The molecule has 8 heteroatoms. The summed E-state index contributed by atoms with van der Waals surface area (Å²) in [7, 11) is 2.98. The molecule has 0 bridgehead atoms. The summed E-state index contributed by atoms with van der Waals surface area (Å²) in [6.07, 6.45) is 0. The Balaban J connectivity index is 1.77. The number of hydrogen-bond acceptors (Lipinski definition) is 6. The quantitative estimate of drug-likeness (QED) is 0.219. The van der Waals surface area contributed by atoms with Crippen molar-refractivity contribution in [2.24, 2.45) is 7.05 Å². The van der Waals surface area contributed by atoms with Crippen LogP contribution in [0.2, 0.25) is 0 Å². The van der Waals surface area contributed by atoms with E-state index in [1.807, 2.05) is 0 Å². The van der Waals surface area contributed by atoms with Gasteiger partial charge in [-0.2, -0.15) is 0 Å². The Morgan fingerprint density at radius 1 is 0.725 bits per heavy atom. The summed E-state index contributed by atoms with van der Waals surface area (Å²) < 4.78 is 12.5. The number of methoxy groups -OCH3 is 1. The molecule has 2 amide bonds. The second-order valence-electron chi connectivity index (χ2n) is 8.85. The van der Waals surface area contributed by atoms with E-state index in [2.05, 4.69) is 0 Å². The Kier molecular flexibility index (Phi) is 7.24. The molecule has 0 saturated heterocycles. The third-order valence-corrected chi connectivity index (χ3v) is 6.41. The molecule has 0 aliphatic rings. The van der Waals surface area contributed by atoms with Gasteiger partial charge in [0.2, 0.25) is 0 Å². The first-order valence-electron chi connectivity index (χ1n) is 12.4. The lowest BCUT2D eigenvalue weighted by Gasteiger charge is -2.23. The average Bonchev–Trinajstić information content (AvgIpc) is 3.00. The number of imide groups is 1. The van der Waals surface area contributed by atoms with E-state index in [1.54, 1.807) is 109 Å². The number of aryl methyl sites for hydroxylation is 1. The number of amides is 2. The highest BCUT2D eigenvalue weighted by atomic mass is 16.5. The van der Waals surface area contributed by atoms with Crippen LogP contribution in [-0.2, 0) is 7.05 Å². The topological polar surface area (TPSA) is 94.9 Å². The number of para-hydroxylation sites is 1. The van der Waals surface area contributed by atoms with Gasteiger partial charge in [0.15, 0.2) is 5.75 Å². The normalized spacial score (nSPS) is 10.7. The zero-order chi connectivity index (χ0) is 28.2. The lowest BCUT2D eigenvalue weighted by molar-refractivity contribution is 0.0734. The van der Waals surface area contributed by atoms with E-state index < -0.39 is 28.9 Å². The van der Waals surface area contributed by atoms with Crippen LogP contribution in [0, 0.1) is 0 Å². The van der Waals surface area contributed by atoms with Crippen LogP contribution < -0.4 is 19.9 Å². The maximum Gasteiger partial charge on any atom is 0.343 e. The predicted molar refractivity (Wildman–Crippen MR) is 151 cm³/mol. The number of rotatable bonds is 6. The third kappa shape index (κ3) is 4.86. The van der Waals surface area contributed by atoms with Crippen LogP contribution in [-0.4, -0.2) is 29.5 Å². The van der Waals surface area contributed by atoms with Gasteiger partial charge in [0.25, 0.3) is 17.4 Å². The monoisotopic (exact) mass is 532 g/mol. The van der Waals surface area contributed by atoms with Crippen LogP contribution in [0.3, 0.4) is 0 Å². The van der Waals surface area contributed by atoms with Gasteiger partial charge in [-0.15, -0.1) is 0 Å². The number of fused-ring (bicyclic) bond motifs is 1. The van der Waals surface area contributed by atoms with Crippen molar-refractivity contribution in [3.63, 3.8) is 0 Å². The summed E-state index contributed by atoms with van der Waals surface area (Å²) in [4.78, 5) is 56.0. The van der Waals surface area contributed by atoms with Crippen molar-refractivity contribution in [2.75, 3.05) is 12.0 Å². The van der Waals surface area contributed by atoms with Gasteiger partial charge >= 0.3 is 5.97 Å². The smallest absolute Gasteiger partial charge is 0.343 e. The van der Waals surface area contributed by atoms with E-state index in [-0.39, 0.29) is 28.0 Å². The van der Waals surface area contributed by atoms with Crippen molar-refractivity contribution in [3.05, 3.63) is 136 Å². The van der Waals surface area contributed by atoms with Crippen molar-refractivity contribution < 1.29 is 23.9 Å². The van der Waals surface area contributed by atoms with E-state index in [0.29, 0.717) is 11.3 Å². The minimum absolute atomic E-state index is 0.220. The number of hydrogen-bond donors (Lipinski definition) is 0. The second-order valence-corrected chi connectivity index (χ2v) is 8.85. The van der Waals surface area contributed by atoms with E-state index >= 15 is 0 Å². The van der Waals surface area contributed by atoms with Crippen LogP contribution >= 0.6 is 0 Å². The maximum atomic E-state index is 14.3. The first-order chi connectivity index (χ1) is 19.4. The van der Waals surface area contributed by atoms with Crippen molar-refractivity contribution in [3.8, 4) is 11.5 Å². The molecule has 0 radical (unpaired) electrons. The fourth-order valence-corrected chi connectivity index (χ4v) is 4.37. The molecular formula is C32H24N2O6. The van der Waals surface area contributed by atoms with Crippen molar-refractivity contribution in [1.29, 1.82) is 0 Å². The van der Waals surface area contributed by atoms with Gasteiger partial charge in [0.05, 0.1) is 23.9 Å². The molecule has 0 saturated carbocycles. The molecule has 5 aromatic rings. The van der Waals surface area contributed by atoms with Gasteiger partial charge in [-0.1, -0.05) is 54.6 Å². The first kappa shape index (κ1) is 26.1. The second kappa shape index (κ2) is 11.1. The average molecular weight is 533 g/mol. The van der Waals surface area contributed by atoms with Crippen LogP contribution in [0.4, 0.5) is 5.69 Å². The lowest BCUT2D eigenvalue weighted by Crippen LogP contribution is -2.41. The maximum absolute atomic E-state index is 14.3. The largest absolute Gasteiger partial charge is 0.497 e. The molecule has 0 spiro atoms. The molecular weight excluding hydrogens is 508 g/mol. The van der Waals surface area contributed by atoms with Gasteiger partial charge in [-0.25, -0.2) is 9.69 Å². The van der Waals surface area contributed by atoms with Gasteiger partial charge in [-0.3, -0.25) is 14.4 Å². The highest BCUT2D eigenvalue weighted by Crippen LogP contribution is 2.33. The molecule has 0 atom stereocenters. The van der Waals surface area contributed by atoms with Crippen molar-refractivity contribution in [1.82, 2.24) is 4.57 Å². The molecule has 40 heavy (non-hydrogen) atoms. The molecule has 0 fully saturated rings. The summed E-state index contributed by atoms with van der Waals surface area (Å²) in [6, 6.07) is 29.6. The summed E-state index contributed by atoms with van der Waals surface area (Å²) in [6.45, 7) is 0. The standard InChI is InChI=1S/C32H24N2O6/c1-33-26-19-18-24(39-2)20-25(26)28(40-32(38)22-14-8-4-9-15-22)27(30(33)36)31(37)34(23-16-10-5-11-17-23)29(35)21-12-6-3-7-13-21/h3-20H,1-2H3. The summed E-state index contributed by atoms with van der Waals surface area (Å²) in [5.41, 5.74) is -0.103. The number of anilines is 1.